The molecule has 0 amide bonds. The van der Waals surface area contributed by atoms with Crippen molar-refractivity contribution >= 4 is 15.9 Å². The summed E-state index contributed by atoms with van der Waals surface area (Å²) in [6.45, 7) is 1.98. The second-order valence-electron chi connectivity index (χ2n) is 4.16. The van der Waals surface area contributed by atoms with Crippen molar-refractivity contribution in [2.45, 2.75) is 6.92 Å². The maximum Gasteiger partial charge on any atom is 0.301 e. The molecule has 0 saturated carbocycles. The monoisotopic (exact) mass is 298 g/mol. The number of nitrogens with zero attached hydrogens (tertiary/aromatic N) is 2. The first-order valence-electron chi connectivity index (χ1n) is 5.98. The van der Waals surface area contributed by atoms with Crippen LogP contribution in [0.4, 0.5) is 10.1 Å². The van der Waals surface area contributed by atoms with Crippen LogP contribution in [0.5, 0.6) is 0 Å². The maximum absolute atomic E-state index is 14.3. The molecule has 0 atom stereocenters. The normalized spacial score (nSPS) is 11.8. The Labute approximate surface area is 116 Å². The van der Waals surface area contributed by atoms with Gasteiger partial charge in [0, 0.05) is 25.4 Å². The second kappa shape index (κ2) is 5.59. The zero-order valence-electron chi connectivity index (χ0n) is 11.1. The van der Waals surface area contributed by atoms with Gasteiger partial charge in [-0.25, -0.2) is 4.39 Å². The Balaban J connectivity index is 2.38. The summed E-state index contributed by atoms with van der Waals surface area (Å²) in [6, 6.07) is 6.10. The third kappa shape index (κ3) is 2.81. The average molecular weight is 298 g/mol. The van der Waals surface area contributed by atoms with Crippen molar-refractivity contribution in [2.75, 3.05) is 18.3 Å². The van der Waals surface area contributed by atoms with Crippen LogP contribution in [0.2, 0.25) is 0 Å². The Morgan fingerprint density at radius 3 is 2.75 bits per heavy atom. The summed E-state index contributed by atoms with van der Waals surface area (Å²) in [6.07, 6.45) is 1.50. The molecule has 6 nitrogen and oxygen atoms in total. The molecule has 2 aromatic rings. The highest BCUT2D eigenvalue weighted by atomic mass is 32.2. The highest BCUT2D eigenvalue weighted by molar-refractivity contribution is 7.90. The number of aromatic nitrogens is 2. The van der Waals surface area contributed by atoms with E-state index in [0.29, 0.717) is 5.69 Å². The summed E-state index contributed by atoms with van der Waals surface area (Å²) in [5.74, 6) is -0.648. The van der Waals surface area contributed by atoms with E-state index < -0.39 is 16.0 Å². The van der Waals surface area contributed by atoms with Crippen molar-refractivity contribution < 1.29 is 12.8 Å². The molecule has 2 rings (SSSR count). The van der Waals surface area contributed by atoms with E-state index in [1.54, 1.807) is 25.1 Å². The summed E-state index contributed by atoms with van der Waals surface area (Å²) < 4.78 is 41.5. The minimum Gasteiger partial charge on any atom is -0.278 e. The molecule has 1 aromatic heterocycles. The Bertz CT molecular complexity index is 685. The van der Waals surface area contributed by atoms with Crippen molar-refractivity contribution in [1.29, 1.82) is 0 Å². The van der Waals surface area contributed by atoms with Crippen LogP contribution in [0, 0.1) is 5.82 Å². The highest BCUT2D eigenvalue weighted by Crippen LogP contribution is 2.26. The summed E-state index contributed by atoms with van der Waals surface area (Å²) in [4.78, 5) is 0. The fraction of sp³-hybridized carbons (Fsp3) is 0.250. The number of nitrogens with one attached hydrogen (secondary N) is 2. The van der Waals surface area contributed by atoms with Crippen LogP contribution in [-0.2, 0) is 10.2 Å². The molecule has 1 aromatic carbocycles. The molecule has 0 aliphatic rings. The Kier molecular flexibility index (Phi) is 4.05. The minimum absolute atomic E-state index is 0.0996. The van der Waals surface area contributed by atoms with Gasteiger partial charge in [0.15, 0.2) is 5.82 Å². The van der Waals surface area contributed by atoms with Crippen LogP contribution in [0.1, 0.15) is 6.92 Å². The fourth-order valence-corrected chi connectivity index (χ4v) is 2.54. The van der Waals surface area contributed by atoms with Gasteiger partial charge >= 0.3 is 10.2 Å². The maximum atomic E-state index is 14.3. The standard InChI is InChI=1S/C12H15FN4O2S/c1-3-17(2)20(18,19)16-11-6-4-5-9(12(11)13)10-7-8-14-15-10/h4-8,16H,3H2,1-2H3,(H,14,15). The molecule has 0 unspecified atom stereocenters. The first kappa shape index (κ1) is 14.5. The van der Waals surface area contributed by atoms with E-state index >= 15 is 0 Å². The SMILES string of the molecule is CCN(C)S(=O)(=O)Nc1cccc(-c2ccn[nH]2)c1F. The summed E-state index contributed by atoms with van der Waals surface area (Å²) in [7, 11) is -2.34. The summed E-state index contributed by atoms with van der Waals surface area (Å²) >= 11 is 0. The van der Waals surface area contributed by atoms with Crippen LogP contribution in [-0.4, -0.2) is 36.5 Å². The Morgan fingerprint density at radius 2 is 2.15 bits per heavy atom. The highest BCUT2D eigenvalue weighted by Gasteiger charge is 2.19. The topological polar surface area (TPSA) is 78.1 Å². The molecule has 8 heteroatoms. The van der Waals surface area contributed by atoms with Gasteiger partial charge in [-0.05, 0) is 18.2 Å². The molecule has 0 aliphatic carbocycles. The van der Waals surface area contributed by atoms with E-state index in [0.717, 1.165) is 4.31 Å². The largest absolute Gasteiger partial charge is 0.301 e. The van der Waals surface area contributed by atoms with E-state index in [9.17, 15) is 12.8 Å². The van der Waals surface area contributed by atoms with Gasteiger partial charge in [-0.1, -0.05) is 13.0 Å². The smallest absolute Gasteiger partial charge is 0.278 e. The van der Waals surface area contributed by atoms with Gasteiger partial charge < -0.3 is 0 Å². The Hall–Kier alpha value is -1.93. The lowest BCUT2D eigenvalue weighted by atomic mass is 10.1. The predicted octanol–water partition coefficient (Wildman–Crippen LogP) is 1.82. The zero-order chi connectivity index (χ0) is 14.8. The molecule has 0 saturated heterocycles. The summed E-state index contributed by atoms with van der Waals surface area (Å²) in [5.41, 5.74) is 0.631. The van der Waals surface area contributed by atoms with Crippen LogP contribution >= 0.6 is 0 Å². The molecule has 0 aliphatic heterocycles. The van der Waals surface area contributed by atoms with Gasteiger partial charge in [-0.15, -0.1) is 0 Å². The molecule has 0 radical (unpaired) electrons. The molecule has 0 spiro atoms. The predicted molar refractivity (Wildman–Crippen MR) is 74.8 cm³/mol. The van der Waals surface area contributed by atoms with Crippen LogP contribution in [0.3, 0.4) is 0 Å². The van der Waals surface area contributed by atoms with Crippen LogP contribution in [0.25, 0.3) is 11.3 Å². The third-order valence-electron chi connectivity index (χ3n) is 2.88. The quantitative estimate of drug-likeness (QED) is 0.884. The van der Waals surface area contributed by atoms with Crippen molar-refractivity contribution in [2.24, 2.45) is 0 Å². The first-order chi connectivity index (χ1) is 9.45. The van der Waals surface area contributed by atoms with E-state index in [1.165, 1.54) is 19.3 Å². The summed E-state index contributed by atoms with van der Waals surface area (Å²) in [5, 5.41) is 6.39. The fourth-order valence-electron chi connectivity index (χ4n) is 1.61. The zero-order valence-corrected chi connectivity index (χ0v) is 11.9. The lowest BCUT2D eigenvalue weighted by Gasteiger charge is -2.17. The molecule has 2 N–H and O–H groups in total. The number of hydrogen-bond acceptors (Lipinski definition) is 3. The second-order valence-corrected chi connectivity index (χ2v) is 5.94. The van der Waals surface area contributed by atoms with Crippen molar-refractivity contribution in [1.82, 2.24) is 14.5 Å². The number of anilines is 1. The first-order valence-corrected chi connectivity index (χ1v) is 7.42. The van der Waals surface area contributed by atoms with Gasteiger partial charge in [0.25, 0.3) is 0 Å². The number of H-pyrrole nitrogens is 1. The van der Waals surface area contributed by atoms with E-state index in [2.05, 4.69) is 14.9 Å². The average Bonchev–Trinajstić information content (AvgIpc) is 2.93. The number of rotatable bonds is 5. The van der Waals surface area contributed by atoms with Gasteiger partial charge in [0.1, 0.15) is 0 Å². The van der Waals surface area contributed by atoms with Gasteiger partial charge in [-0.2, -0.15) is 17.8 Å². The van der Waals surface area contributed by atoms with E-state index in [-0.39, 0.29) is 17.8 Å². The lowest BCUT2D eigenvalue weighted by molar-refractivity contribution is 0.491. The van der Waals surface area contributed by atoms with E-state index in [4.69, 9.17) is 0 Å². The molecule has 20 heavy (non-hydrogen) atoms. The molecule has 0 bridgehead atoms. The lowest BCUT2D eigenvalue weighted by Crippen LogP contribution is -2.32. The molecule has 108 valence electrons. The van der Waals surface area contributed by atoms with Crippen molar-refractivity contribution in [3.05, 3.63) is 36.3 Å². The Morgan fingerprint density at radius 1 is 1.40 bits per heavy atom. The third-order valence-corrected chi connectivity index (χ3v) is 4.44. The number of hydrogen-bond donors (Lipinski definition) is 2. The number of aromatic amines is 1. The molecule has 1 heterocycles. The minimum atomic E-state index is -3.75. The van der Waals surface area contributed by atoms with Crippen molar-refractivity contribution in [3.8, 4) is 11.3 Å². The number of benzene rings is 1. The van der Waals surface area contributed by atoms with Crippen LogP contribution in [0.15, 0.2) is 30.5 Å². The van der Waals surface area contributed by atoms with Crippen molar-refractivity contribution in [3.63, 3.8) is 0 Å². The van der Waals surface area contributed by atoms with Gasteiger partial charge in [0.2, 0.25) is 0 Å². The van der Waals surface area contributed by atoms with Gasteiger partial charge in [0.05, 0.1) is 11.4 Å². The van der Waals surface area contributed by atoms with E-state index in [1.807, 2.05) is 0 Å². The van der Waals surface area contributed by atoms with Gasteiger partial charge in [-0.3, -0.25) is 9.82 Å². The molecular formula is C12H15FN4O2S. The molecular weight excluding hydrogens is 283 g/mol. The van der Waals surface area contributed by atoms with Crippen LogP contribution < -0.4 is 4.72 Å². The molecule has 0 fully saturated rings. The number of halogens is 1.